The lowest BCUT2D eigenvalue weighted by atomic mass is 10.1. The Kier molecular flexibility index (Phi) is 3.59. The number of rotatable bonds is 3. The minimum Gasteiger partial charge on any atom is -0.377 e. The zero-order valence-corrected chi connectivity index (χ0v) is 10.0. The molecular formula is C15H13FN2. The van der Waals surface area contributed by atoms with E-state index in [1.165, 1.54) is 12.3 Å². The zero-order chi connectivity index (χ0) is 13.0. The molecule has 2 rings (SSSR count). The van der Waals surface area contributed by atoms with E-state index in [0.29, 0.717) is 0 Å². The van der Waals surface area contributed by atoms with Gasteiger partial charge in [0.15, 0.2) is 0 Å². The third-order valence-corrected chi connectivity index (χ3v) is 2.61. The Bertz CT molecular complexity index is 570. The number of anilines is 1. The Labute approximate surface area is 106 Å². The fourth-order valence-electron chi connectivity index (χ4n) is 1.67. The van der Waals surface area contributed by atoms with E-state index >= 15 is 0 Å². The van der Waals surface area contributed by atoms with Crippen molar-refractivity contribution in [3.63, 3.8) is 0 Å². The Morgan fingerprint density at radius 1 is 1.33 bits per heavy atom. The zero-order valence-electron chi connectivity index (χ0n) is 10.0. The maximum Gasteiger partial charge on any atom is 0.141 e. The van der Waals surface area contributed by atoms with Crippen molar-refractivity contribution < 1.29 is 4.39 Å². The fourth-order valence-corrected chi connectivity index (χ4v) is 1.67. The highest BCUT2D eigenvalue weighted by atomic mass is 19.1. The predicted octanol–water partition coefficient (Wildman–Crippen LogP) is 3.38. The van der Waals surface area contributed by atoms with Gasteiger partial charge in [-0.25, -0.2) is 4.39 Å². The van der Waals surface area contributed by atoms with Crippen molar-refractivity contribution in [2.24, 2.45) is 0 Å². The van der Waals surface area contributed by atoms with E-state index in [-0.39, 0.29) is 11.9 Å². The smallest absolute Gasteiger partial charge is 0.141 e. The Morgan fingerprint density at radius 3 is 2.83 bits per heavy atom. The van der Waals surface area contributed by atoms with Crippen LogP contribution in [0.4, 0.5) is 10.1 Å². The van der Waals surface area contributed by atoms with Gasteiger partial charge in [0.1, 0.15) is 5.82 Å². The highest BCUT2D eigenvalue weighted by Crippen LogP contribution is 2.18. The molecule has 0 spiro atoms. The molecule has 90 valence electrons. The number of aromatic nitrogens is 1. The molecule has 0 radical (unpaired) electrons. The molecule has 2 nitrogen and oxygen atoms in total. The van der Waals surface area contributed by atoms with Gasteiger partial charge in [-0.2, -0.15) is 0 Å². The second kappa shape index (κ2) is 5.33. The first-order chi connectivity index (χ1) is 8.69. The van der Waals surface area contributed by atoms with Gasteiger partial charge in [-0.1, -0.05) is 12.0 Å². The van der Waals surface area contributed by atoms with Gasteiger partial charge in [0.05, 0.1) is 17.9 Å². The maximum absolute atomic E-state index is 12.8. The quantitative estimate of drug-likeness (QED) is 0.832. The van der Waals surface area contributed by atoms with Crippen LogP contribution < -0.4 is 5.32 Å². The molecule has 0 fully saturated rings. The van der Waals surface area contributed by atoms with E-state index in [4.69, 9.17) is 6.42 Å². The molecule has 0 amide bonds. The molecular weight excluding hydrogens is 227 g/mol. The minimum absolute atomic E-state index is 0.0152. The normalized spacial score (nSPS) is 11.6. The highest BCUT2D eigenvalue weighted by molar-refractivity contribution is 5.50. The van der Waals surface area contributed by atoms with Crippen molar-refractivity contribution in [2.45, 2.75) is 13.0 Å². The van der Waals surface area contributed by atoms with Crippen molar-refractivity contribution in [3.8, 4) is 12.3 Å². The van der Waals surface area contributed by atoms with Crippen molar-refractivity contribution >= 4 is 5.69 Å². The van der Waals surface area contributed by atoms with Gasteiger partial charge < -0.3 is 5.32 Å². The minimum atomic E-state index is -0.333. The summed E-state index contributed by atoms with van der Waals surface area (Å²) >= 11 is 0. The van der Waals surface area contributed by atoms with Crippen LogP contribution in [-0.2, 0) is 0 Å². The molecule has 1 heterocycles. The average Bonchev–Trinajstić information content (AvgIpc) is 2.39. The molecule has 18 heavy (non-hydrogen) atoms. The lowest BCUT2D eigenvalue weighted by molar-refractivity contribution is 0.617. The Morgan fingerprint density at radius 2 is 2.17 bits per heavy atom. The Balaban J connectivity index is 2.13. The van der Waals surface area contributed by atoms with E-state index < -0.39 is 0 Å². The summed E-state index contributed by atoms with van der Waals surface area (Å²) in [7, 11) is 0. The van der Waals surface area contributed by atoms with Gasteiger partial charge in [0.25, 0.3) is 0 Å². The van der Waals surface area contributed by atoms with E-state index in [1.807, 2.05) is 31.2 Å². The number of nitrogens with one attached hydrogen (secondary N) is 1. The van der Waals surface area contributed by atoms with E-state index in [9.17, 15) is 4.39 Å². The van der Waals surface area contributed by atoms with Gasteiger partial charge in [-0.15, -0.1) is 6.42 Å². The number of benzene rings is 1. The molecule has 1 atom stereocenters. The lowest BCUT2D eigenvalue weighted by Gasteiger charge is -2.14. The second-order valence-corrected chi connectivity index (χ2v) is 3.99. The summed E-state index contributed by atoms with van der Waals surface area (Å²) in [6, 6.07) is 10.6. The van der Waals surface area contributed by atoms with Crippen LogP contribution in [0.15, 0.2) is 42.6 Å². The molecule has 0 aliphatic rings. The highest BCUT2D eigenvalue weighted by Gasteiger charge is 2.06. The number of terminal acetylenes is 1. The van der Waals surface area contributed by atoms with Gasteiger partial charge in [0, 0.05) is 11.3 Å². The SMILES string of the molecule is C#Cc1cccc(NC(C)c2ccc(F)cn2)c1. The Hall–Kier alpha value is -2.34. The van der Waals surface area contributed by atoms with Crippen molar-refractivity contribution in [1.29, 1.82) is 0 Å². The third-order valence-electron chi connectivity index (χ3n) is 2.61. The first kappa shape index (κ1) is 12.1. The lowest BCUT2D eigenvalue weighted by Crippen LogP contribution is -2.08. The summed E-state index contributed by atoms with van der Waals surface area (Å²) in [6.45, 7) is 1.96. The average molecular weight is 240 g/mol. The van der Waals surface area contributed by atoms with Crippen molar-refractivity contribution in [1.82, 2.24) is 4.98 Å². The summed E-state index contributed by atoms with van der Waals surface area (Å²) in [5.41, 5.74) is 2.52. The number of nitrogens with zero attached hydrogens (tertiary/aromatic N) is 1. The summed E-state index contributed by atoms with van der Waals surface area (Å²) in [5, 5.41) is 3.27. The molecule has 3 heteroatoms. The number of hydrogen-bond donors (Lipinski definition) is 1. The monoisotopic (exact) mass is 240 g/mol. The molecule has 0 saturated heterocycles. The maximum atomic E-state index is 12.8. The van der Waals surface area contributed by atoms with Crippen LogP contribution in [-0.4, -0.2) is 4.98 Å². The molecule has 0 aliphatic carbocycles. The van der Waals surface area contributed by atoms with Crippen LogP contribution in [0.5, 0.6) is 0 Å². The number of halogens is 1. The first-order valence-electron chi connectivity index (χ1n) is 5.63. The van der Waals surface area contributed by atoms with Crippen LogP contribution in [0.25, 0.3) is 0 Å². The molecule has 0 aliphatic heterocycles. The van der Waals surface area contributed by atoms with Gasteiger partial charge in [0.2, 0.25) is 0 Å². The summed E-state index contributed by atoms with van der Waals surface area (Å²) in [6.07, 6.45) is 6.56. The number of pyridine rings is 1. The van der Waals surface area contributed by atoms with Crippen molar-refractivity contribution in [2.75, 3.05) is 5.32 Å². The predicted molar refractivity (Wildman–Crippen MR) is 70.6 cm³/mol. The number of hydrogen-bond acceptors (Lipinski definition) is 2. The molecule has 0 bridgehead atoms. The van der Waals surface area contributed by atoms with Crippen LogP contribution in [0.2, 0.25) is 0 Å². The molecule has 1 aromatic heterocycles. The van der Waals surface area contributed by atoms with Gasteiger partial charge in [-0.3, -0.25) is 4.98 Å². The van der Waals surface area contributed by atoms with E-state index in [1.54, 1.807) is 6.07 Å². The van der Waals surface area contributed by atoms with Crippen molar-refractivity contribution in [3.05, 3.63) is 59.7 Å². The molecule has 1 N–H and O–H groups in total. The summed E-state index contributed by atoms with van der Waals surface area (Å²) in [4.78, 5) is 4.04. The van der Waals surface area contributed by atoms with E-state index in [2.05, 4.69) is 16.2 Å². The standard InChI is InChI=1S/C15H13FN2/c1-3-12-5-4-6-14(9-12)18-11(2)15-8-7-13(16)10-17-15/h1,4-11,18H,2H3. The third kappa shape index (κ3) is 2.86. The summed E-state index contributed by atoms with van der Waals surface area (Å²) < 4.78 is 12.8. The largest absolute Gasteiger partial charge is 0.377 e. The topological polar surface area (TPSA) is 24.9 Å². The van der Waals surface area contributed by atoms with E-state index in [0.717, 1.165) is 16.9 Å². The molecule has 1 aromatic carbocycles. The van der Waals surface area contributed by atoms with Gasteiger partial charge in [-0.05, 0) is 37.3 Å². The molecule has 0 saturated carbocycles. The van der Waals surface area contributed by atoms with Crippen LogP contribution >= 0.6 is 0 Å². The molecule has 1 unspecified atom stereocenters. The first-order valence-corrected chi connectivity index (χ1v) is 5.63. The van der Waals surface area contributed by atoms with Crippen LogP contribution in [0, 0.1) is 18.2 Å². The fraction of sp³-hybridized carbons (Fsp3) is 0.133. The van der Waals surface area contributed by atoms with Crippen LogP contribution in [0.3, 0.4) is 0 Å². The molecule has 2 aromatic rings. The second-order valence-electron chi connectivity index (χ2n) is 3.99. The van der Waals surface area contributed by atoms with Gasteiger partial charge >= 0.3 is 0 Å². The van der Waals surface area contributed by atoms with Crippen LogP contribution in [0.1, 0.15) is 24.2 Å². The summed E-state index contributed by atoms with van der Waals surface area (Å²) in [5.74, 6) is 2.25.